The Kier molecular flexibility index (Phi) is 18.7. The van der Waals surface area contributed by atoms with Crippen LogP contribution < -0.4 is 14.0 Å². The third-order valence-corrected chi connectivity index (χ3v) is 24.8. The van der Waals surface area contributed by atoms with E-state index in [0.717, 1.165) is 120 Å². The first-order chi connectivity index (χ1) is 40.3. The Balaban J connectivity index is 0.986. The van der Waals surface area contributed by atoms with Crippen LogP contribution in [0.25, 0.3) is 81.4 Å². The summed E-state index contributed by atoms with van der Waals surface area (Å²) in [7, 11) is -7.13. The number of anilines is 3. The van der Waals surface area contributed by atoms with Gasteiger partial charge in [-0.1, -0.05) is 164 Å². The van der Waals surface area contributed by atoms with Gasteiger partial charge in [0.2, 0.25) is 5.06 Å². The standard InChI is InChI=1S/C68H67NO6P2S6/c1-7-17-46-36-56(65-48(19-9-3)38-58(80-65)67-50(21-11-5)40-60(82-67)75-76(70)71)78-63(46)42-27-31-52(32-28-42)69(62-54-25-15-13-23-44(54)35-45-24-14-16-26-55(45)62)53-33-29-43(30-34-53)64-47(18-8-2)37-57(79-64)66-49(20-10-4)39-59(81-66)68-51(22-12-6)41-61(83-68)77(72,73)74/h13-16,23-41H,7-12,17-22H2,1-6H3,(H2-,70,71,72,73,74)/p+1. The average Bonchev–Trinajstić information content (AvgIpc) is 3.43. The van der Waals surface area contributed by atoms with Crippen molar-refractivity contribution < 1.29 is 28.3 Å². The van der Waals surface area contributed by atoms with Crippen LogP contribution in [-0.4, -0.2) is 14.7 Å². The Hall–Kier alpha value is -5.37. The molecule has 7 nitrogen and oxygen atoms in total. The highest BCUT2D eigenvalue weighted by Crippen LogP contribution is 2.53. The fraction of sp³-hybridized carbons (Fsp3) is 0.265. The first kappa shape index (κ1) is 59.4. The van der Waals surface area contributed by atoms with E-state index in [4.69, 9.17) is 4.52 Å². The number of hydrogen-bond acceptors (Lipinski definition) is 10. The molecule has 0 fully saturated rings. The van der Waals surface area contributed by atoms with Crippen molar-refractivity contribution in [2.75, 3.05) is 4.90 Å². The molecule has 426 valence electrons. The molecule has 15 heteroatoms. The topological polar surface area (TPSA) is 107 Å². The lowest BCUT2D eigenvalue weighted by Crippen LogP contribution is -2.11. The molecule has 0 aliphatic rings. The molecule has 1 unspecified atom stereocenters. The molecule has 0 saturated heterocycles. The van der Waals surface area contributed by atoms with Crippen molar-refractivity contribution in [1.29, 1.82) is 0 Å². The van der Waals surface area contributed by atoms with Gasteiger partial charge in [0, 0.05) is 76.7 Å². The summed E-state index contributed by atoms with van der Waals surface area (Å²) in [6.07, 6.45) is 11.4. The second kappa shape index (κ2) is 26.1. The molecule has 0 bridgehead atoms. The first-order valence-electron chi connectivity index (χ1n) is 28.9. The summed E-state index contributed by atoms with van der Waals surface area (Å²) in [5, 5.41) is 5.20. The van der Waals surface area contributed by atoms with E-state index in [9.17, 15) is 23.8 Å². The van der Waals surface area contributed by atoms with Gasteiger partial charge in [-0.15, -0.1) is 61.6 Å². The summed E-state index contributed by atoms with van der Waals surface area (Å²) in [4.78, 5) is 44.5. The molecule has 0 saturated carbocycles. The Morgan fingerprint density at radius 1 is 0.434 bits per heavy atom. The molecule has 11 rings (SSSR count). The van der Waals surface area contributed by atoms with Crippen molar-refractivity contribution in [2.45, 2.75) is 119 Å². The molecule has 0 radical (unpaired) electrons. The third-order valence-electron chi connectivity index (χ3n) is 15.0. The molecule has 11 aromatic rings. The first-order valence-corrected chi connectivity index (χ1v) is 36.5. The van der Waals surface area contributed by atoms with Gasteiger partial charge in [-0.25, -0.2) is 4.52 Å². The van der Waals surface area contributed by atoms with Crippen molar-refractivity contribution in [3.63, 3.8) is 0 Å². The third kappa shape index (κ3) is 12.5. The van der Waals surface area contributed by atoms with Crippen molar-refractivity contribution in [3.8, 4) is 65.0 Å². The van der Waals surface area contributed by atoms with E-state index >= 15 is 0 Å². The van der Waals surface area contributed by atoms with Crippen molar-refractivity contribution in [3.05, 3.63) is 173 Å². The molecule has 6 heterocycles. The summed E-state index contributed by atoms with van der Waals surface area (Å²) in [5.41, 5.74) is 13.2. The molecule has 6 aromatic heterocycles. The molecule has 0 aliphatic carbocycles. The molecule has 0 amide bonds. The number of thiophene rings is 6. The summed E-state index contributed by atoms with van der Waals surface area (Å²) in [6.45, 7) is 13.2. The second-order valence-electron chi connectivity index (χ2n) is 21.2. The van der Waals surface area contributed by atoms with Crippen molar-refractivity contribution in [1.82, 2.24) is 0 Å². The highest BCUT2D eigenvalue weighted by molar-refractivity contribution is 7.67. The van der Waals surface area contributed by atoms with Gasteiger partial charge >= 0.3 is 15.9 Å². The molecule has 5 aromatic carbocycles. The van der Waals surface area contributed by atoms with E-state index in [1.165, 1.54) is 112 Å². The zero-order valence-corrected chi connectivity index (χ0v) is 54.3. The number of rotatable bonds is 24. The number of nitrogens with zero attached hydrogens (tertiary/aromatic N) is 1. The van der Waals surface area contributed by atoms with Crippen LogP contribution in [0, 0.1) is 0 Å². The summed E-state index contributed by atoms with van der Waals surface area (Å²) < 4.78 is 29.7. The fourth-order valence-corrected chi connectivity index (χ4v) is 20.4. The van der Waals surface area contributed by atoms with E-state index in [1.807, 2.05) is 40.1 Å². The van der Waals surface area contributed by atoms with Gasteiger partial charge in [0.15, 0.2) is 0 Å². The molecule has 1 atom stereocenters. The molecule has 0 aliphatic heterocycles. The highest BCUT2D eigenvalue weighted by atomic mass is 32.1. The van der Waals surface area contributed by atoms with Crippen LogP contribution in [0.15, 0.2) is 140 Å². The number of benzene rings is 5. The van der Waals surface area contributed by atoms with E-state index in [2.05, 4.69) is 174 Å². The van der Waals surface area contributed by atoms with Crippen LogP contribution in [-0.2, 0) is 47.7 Å². The van der Waals surface area contributed by atoms with Gasteiger partial charge in [0.25, 0.3) is 0 Å². The van der Waals surface area contributed by atoms with E-state index < -0.39 is 15.9 Å². The molecule has 83 heavy (non-hydrogen) atoms. The summed E-state index contributed by atoms with van der Waals surface area (Å²) >= 11 is 10.0. The predicted octanol–water partition coefficient (Wildman–Crippen LogP) is 22.4. The minimum absolute atomic E-state index is 0.143. The van der Waals surface area contributed by atoms with Crippen LogP contribution in [0.2, 0.25) is 0 Å². The Labute approximate surface area is 512 Å². The maximum atomic E-state index is 12.5. The van der Waals surface area contributed by atoms with Crippen LogP contribution in [0.3, 0.4) is 0 Å². The lowest BCUT2D eigenvalue weighted by atomic mass is 9.98. The fourth-order valence-electron chi connectivity index (χ4n) is 11.5. The van der Waals surface area contributed by atoms with Crippen LogP contribution >= 0.6 is 83.9 Å². The quantitative estimate of drug-likeness (QED) is 0.0409. The molecular formula is C68H68NO6P2S6+. The Bertz CT molecular complexity index is 4100. The van der Waals surface area contributed by atoms with Crippen molar-refractivity contribution in [2.24, 2.45) is 0 Å². The van der Waals surface area contributed by atoms with Gasteiger partial charge in [0.1, 0.15) is 4.62 Å². The maximum absolute atomic E-state index is 12.5. The van der Waals surface area contributed by atoms with E-state index in [1.54, 1.807) is 17.4 Å². The smallest absolute Gasteiger partial charge is 0.320 e. The van der Waals surface area contributed by atoms with Crippen LogP contribution in [0.4, 0.5) is 17.1 Å². The average molecular weight is 1250 g/mol. The minimum atomic E-state index is -4.39. The zero-order chi connectivity index (χ0) is 57.9. The number of hydrogen-bond donors (Lipinski definition) is 3. The monoisotopic (exact) mass is 1250 g/mol. The van der Waals surface area contributed by atoms with Crippen LogP contribution in [0.5, 0.6) is 5.06 Å². The number of aryl methyl sites for hydroxylation is 6. The maximum Gasteiger partial charge on any atom is 0.748 e. The summed E-state index contributed by atoms with van der Waals surface area (Å²) in [6, 6.07) is 51.3. The lowest BCUT2D eigenvalue weighted by Gasteiger charge is -2.29. The van der Waals surface area contributed by atoms with Crippen molar-refractivity contribution >= 4 is 127 Å². The van der Waals surface area contributed by atoms with Gasteiger partial charge in [-0.2, -0.15) is 0 Å². The molecule has 0 spiro atoms. The summed E-state index contributed by atoms with van der Waals surface area (Å²) in [5.74, 6) is 0. The number of fused-ring (bicyclic) bond motifs is 2. The highest BCUT2D eigenvalue weighted by Gasteiger charge is 2.28. The Morgan fingerprint density at radius 3 is 1.18 bits per heavy atom. The zero-order valence-electron chi connectivity index (χ0n) is 47.6. The van der Waals surface area contributed by atoms with Gasteiger partial charge in [-0.3, -0.25) is 4.57 Å². The molecular weight excluding hydrogens is 1180 g/mol. The van der Waals surface area contributed by atoms with E-state index in [-0.39, 0.29) is 4.62 Å². The Morgan fingerprint density at radius 2 is 0.783 bits per heavy atom. The van der Waals surface area contributed by atoms with Gasteiger partial charge in [0.05, 0.1) is 10.6 Å². The van der Waals surface area contributed by atoms with Gasteiger partial charge in [-0.05, 0) is 154 Å². The second-order valence-corrected chi connectivity index (χ2v) is 30.0. The SMILES string of the molecule is CCCc1cc(-c2sc(-c3sc(O[P+](=O)O)cc3CCC)cc2CCC)sc1-c1ccc(N(c2ccc(-c3sc(-c4sc(-c5sc(P(=O)(O)O)cc5CCC)cc4CCC)cc3CCC)cc2)c2c3ccccc3cc3ccccc23)cc1. The predicted molar refractivity (Wildman–Crippen MR) is 362 cm³/mol. The van der Waals surface area contributed by atoms with Gasteiger partial charge < -0.3 is 14.7 Å². The largest absolute Gasteiger partial charge is 0.748 e. The normalized spacial score (nSPS) is 12.1. The minimum Gasteiger partial charge on any atom is -0.320 e. The lowest BCUT2D eigenvalue weighted by molar-refractivity contribution is 0.388. The van der Waals surface area contributed by atoms with E-state index in [0.29, 0.717) is 5.06 Å². The molecule has 3 N–H and O–H groups in total. The van der Waals surface area contributed by atoms with Crippen LogP contribution in [0.1, 0.15) is 113 Å².